The van der Waals surface area contributed by atoms with Crippen molar-refractivity contribution in [3.05, 3.63) is 78.6 Å². The van der Waals surface area contributed by atoms with E-state index >= 15 is 0 Å². The third-order valence-electron chi connectivity index (χ3n) is 5.28. The van der Waals surface area contributed by atoms with Crippen molar-refractivity contribution in [2.75, 3.05) is 0 Å². The molecular weight excluding hydrogens is 550 g/mol. The van der Waals surface area contributed by atoms with Crippen LogP contribution in [0.4, 0.5) is 0 Å². The number of pyridine rings is 1. The van der Waals surface area contributed by atoms with Crippen LogP contribution in [0.15, 0.2) is 67.3 Å². The number of hydrogen-bond donors (Lipinski definition) is 0. The molecule has 0 unspecified atom stereocenters. The number of benzene rings is 1. The van der Waals surface area contributed by atoms with Crippen molar-refractivity contribution in [2.24, 2.45) is 0 Å². The number of nitrogens with zero attached hydrogens (tertiary/aromatic N) is 7. The highest BCUT2D eigenvalue weighted by Crippen LogP contribution is 2.32. The molecule has 4 aromatic rings. The van der Waals surface area contributed by atoms with Gasteiger partial charge in [-0.3, -0.25) is 24.2 Å². The fourth-order valence-corrected chi connectivity index (χ4v) is 3.89. The monoisotopic (exact) mass is 577 g/mol. The summed E-state index contributed by atoms with van der Waals surface area (Å²) in [5, 5.41) is 10.7. The summed E-state index contributed by atoms with van der Waals surface area (Å²) in [4.78, 5) is 69.7. The average Bonchev–Trinajstić information content (AvgIpc) is 3.57. The number of carbonyl (C=O) groups is 4. The molecule has 42 heavy (non-hydrogen) atoms. The number of carbonyl (C=O) groups excluding carboxylic acids is 4. The van der Waals surface area contributed by atoms with Gasteiger partial charge in [-0.05, 0) is 42.0 Å². The second-order valence-electron chi connectivity index (χ2n) is 8.72. The summed E-state index contributed by atoms with van der Waals surface area (Å²) in [5.41, 5.74) is 3.80. The minimum Gasteiger partial charge on any atom is -0.333 e. The molecule has 15 heteroatoms. The van der Waals surface area contributed by atoms with Gasteiger partial charge in [0.1, 0.15) is 13.1 Å². The first-order valence-corrected chi connectivity index (χ1v) is 12.5. The van der Waals surface area contributed by atoms with Gasteiger partial charge in [0.2, 0.25) is 0 Å². The van der Waals surface area contributed by atoms with E-state index in [0.717, 1.165) is 21.6 Å². The minimum absolute atomic E-state index is 0.111. The Balaban J connectivity index is 1.70. The molecule has 4 rings (SSSR count). The normalized spacial score (nSPS) is 10.9. The Morgan fingerprint density at radius 2 is 1.05 bits per heavy atom. The van der Waals surface area contributed by atoms with E-state index in [4.69, 9.17) is 19.4 Å². The first-order chi connectivity index (χ1) is 20.1. The summed E-state index contributed by atoms with van der Waals surface area (Å²) >= 11 is 0. The highest BCUT2D eigenvalue weighted by Gasteiger charge is 2.20. The molecule has 1 aromatic carbocycles. The van der Waals surface area contributed by atoms with Gasteiger partial charge >= 0.3 is 23.9 Å². The molecule has 3 aromatic heterocycles. The lowest BCUT2D eigenvalue weighted by molar-refractivity contribution is -0.330. The lowest BCUT2D eigenvalue weighted by atomic mass is 10.0. The summed E-state index contributed by atoms with van der Waals surface area (Å²) in [6, 6.07) is 12.6. The number of hydrogen-bond acceptors (Lipinski definition) is 13. The molecule has 15 nitrogen and oxygen atoms in total. The van der Waals surface area contributed by atoms with E-state index in [-0.39, 0.29) is 13.1 Å². The molecule has 218 valence electrons. The van der Waals surface area contributed by atoms with Crippen LogP contribution in [0, 0.1) is 0 Å². The third kappa shape index (κ3) is 7.83. The van der Waals surface area contributed by atoms with Crippen LogP contribution in [-0.4, -0.2) is 58.9 Å². The van der Waals surface area contributed by atoms with Crippen molar-refractivity contribution < 1.29 is 38.5 Å². The summed E-state index contributed by atoms with van der Waals surface area (Å²) in [5.74, 6) is -2.65. The van der Waals surface area contributed by atoms with Gasteiger partial charge < -0.3 is 19.4 Å². The van der Waals surface area contributed by atoms with Crippen molar-refractivity contribution in [3.63, 3.8) is 0 Å². The first-order valence-electron chi connectivity index (χ1n) is 12.5. The summed E-state index contributed by atoms with van der Waals surface area (Å²) < 4.78 is 3.25. The van der Waals surface area contributed by atoms with Gasteiger partial charge in [-0.25, -0.2) is 9.36 Å². The smallest absolute Gasteiger partial charge is 0.326 e. The standard InChI is InChI=1S/C27H27N7O8/c1-18(35)39-33(40-19(2)36)16-23-10-14-31(29-23)25-6-5-7-26(27(25)22-8-12-28-13-9-22)32-15-11-24(30-32)17-34(41-20(3)37)42-21(4)38/h5-15H,16-17H2,1-4H3. The highest BCUT2D eigenvalue weighted by atomic mass is 17.0. The van der Waals surface area contributed by atoms with Gasteiger partial charge in [-0.15, -0.1) is 0 Å². The van der Waals surface area contributed by atoms with Crippen molar-refractivity contribution in [1.29, 1.82) is 0 Å². The fourth-order valence-electron chi connectivity index (χ4n) is 3.89. The Labute approximate surface area is 239 Å². The van der Waals surface area contributed by atoms with E-state index in [1.807, 2.05) is 30.3 Å². The van der Waals surface area contributed by atoms with Gasteiger partial charge in [-0.1, -0.05) is 6.07 Å². The number of hydroxylamine groups is 4. The zero-order valence-corrected chi connectivity index (χ0v) is 23.2. The van der Waals surface area contributed by atoms with Crippen LogP contribution in [0.2, 0.25) is 0 Å². The van der Waals surface area contributed by atoms with Crippen LogP contribution in [0.25, 0.3) is 22.5 Å². The lowest BCUT2D eigenvalue weighted by Crippen LogP contribution is -2.28. The maximum absolute atomic E-state index is 11.4. The van der Waals surface area contributed by atoms with Crippen molar-refractivity contribution in [3.8, 4) is 22.5 Å². The van der Waals surface area contributed by atoms with Crippen LogP contribution >= 0.6 is 0 Å². The van der Waals surface area contributed by atoms with Crippen LogP contribution in [0.3, 0.4) is 0 Å². The maximum atomic E-state index is 11.4. The number of aromatic nitrogens is 5. The Kier molecular flexibility index (Phi) is 9.36. The molecule has 0 aliphatic carbocycles. The van der Waals surface area contributed by atoms with E-state index in [9.17, 15) is 19.2 Å². The van der Waals surface area contributed by atoms with E-state index in [1.54, 1.807) is 46.3 Å². The van der Waals surface area contributed by atoms with Crippen molar-refractivity contribution >= 4 is 23.9 Å². The molecule has 0 aliphatic heterocycles. The minimum atomic E-state index is -0.661. The second-order valence-corrected chi connectivity index (χ2v) is 8.72. The predicted molar refractivity (Wildman–Crippen MR) is 142 cm³/mol. The topological polar surface area (TPSA) is 160 Å². The van der Waals surface area contributed by atoms with E-state index in [2.05, 4.69) is 15.2 Å². The summed E-state index contributed by atoms with van der Waals surface area (Å²) in [6.07, 6.45) is 6.74. The molecule has 0 radical (unpaired) electrons. The molecule has 0 saturated carbocycles. The van der Waals surface area contributed by atoms with Crippen molar-refractivity contribution in [2.45, 2.75) is 40.8 Å². The third-order valence-corrected chi connectivity index (χ3v) is 5.28. The van der Waals surface area contributed by atoms with Crippen LogP contribution in [0.5, 0.6) is 0 Å². The van der Waals surface area contributed by atoms with Crippen molar-refractivity contribution in [1.82, 2.24) is 35.0 Å². The van der Waals surface area contributed by atoms with E-state index in [1.165, 1.54) is 27.7 Å². The molecule has 0 saturated heterocycles. The molecule has 0 fully saturated rings. The summed E-state index contributed by atoms with van der Waals surface area (Å²) in [6.45, 7) is 4.53. The second kappa shape index (κ2) is 13.3. The Hall–Kier alpha value is -5.41. The largest absolute Gasteiger partial charge is 0.333 e. The molecule has 0 aliphatic rings. The molecule has 0 spiro atoms. The number of rotatable bonds is 11. The van der Waals surface area contributed by atoms with Crippen LogP contribution < -0.4 is 0 Å². The average molecular weight is 578 g/mol. The summed E-state index contributed by atoms with van der Waals surface area (Å²) in [7, 11) is 0. The Morgan fingerprint density at radius 1 is 0.643 bits per heavy atom. The van der Waals surface area contributed by atoms with Gasteiger partial charge in [0, 0.05) is 68.5 Å². The van der Waals surface area contributed by atoms with E-state index in [0.29, 0.717) is 22.8 Å². The molecule has 0 atom stereocenters. The Morgan fingerprint density at radius 3 is 1.43 bits per heavy atom. The lowest BCUT2D eigenvalue weighted by Gasteiger charge is -2.17. The molecule has 0 N–H and O–H groups in total. The van der Waals surface area contributed by atoms with Gasteiger partial charge in [0.05, 0.1) is 22.8 Å². The zero-order valence-electron chi connectivity index (χ0n) is 23.2. The maximum Gasteiger partial charge on any atom is 0.326 e. The Bertz CT molecular complexity index is 1460. The van der Waals surface area contributed by atoms with Gasteiger partial charge in [0.25, 0.3) is 0 Å². The highest BCUT2D eigenvalue weighted by molar-refractivity contribution is 5.80. The zero-order chi connectivity index (χ0) is 30.2. The molecule has 3 heterocycles. The van der Waals surface area contributed by atoms with Gasteiger partial charge in [-0.2, -0.15) is 10.2 Å². The van der Waals surface area contributed by atoms with Crippen LogP contribution in [-0.2, 0) is 51.6 Å². The molecule has 0 bridgehead atoms. The van der Waals surface area contributed by atoms with Gasteiger partial charge in [0.15, 0.2) is 0 Å². The molecule has 0 amide bonds. The van der Waals surface area contributed by atoms with E-state index < -0.39 is 23.9 Å². The predicted octanol–water partition coefficient (Wildman–Crippen LogP) is 2.64. The first kappa shape index (κ1) is 29.6. The fraction of sp³-hybridized carbons (Fsp3) is 0.222. The van der Waals surface area contributed by atoms with Crippen LogP contribution in [0.1, 0.15) is 39.1 Å². The SMILES string of the molecule is CC(=O)ON(Cc1ccn(-c2cccc(-n3ccc(CN(OC(C)=O)OC(C)=O)n3)c2-c2ccncc2)n1)OC(C)=O. The quantitative estimate of drug-likeness (QED) is 0.240. The molecular formula is C27H27N7O8.